The van der Waals surface area contributed by atoms with Crippen molar-refractivity contribution in [3.05, 3.63) is 20.8 Å². The number of guanidine groups is 1. The number of thiophene rings is 1. The molecule has 1 aliphatic rings. The average Bonchev–Trinajstić information content (AvgIpc) is 2.88. The van der Waals surface area contributed by atoms with Crippen LogP contribution in [0, 0.1) is 5.41 Å². The molecular formula is C16H27BrIN3OS. The zero-order chi connectivity index (χ0) is 15.8. The van der Waals surface area contributed by atoms with Crippen LogP contribution in [0.3, 0.4) is 0 Å². The number of methoxy groups -OCH3 is 1. The summed E-state index contributed by atoms with van der Waals surface area (Å²) in [4.78, 5) is 5.96. The second kappa shape index (κ2) is 10.9. The summed E-state index contributed by atoms with van der Waals surface area (Å²) in [6.07, 6.45) is 5.05. The highest BCUT2D eigenvalue weighted by atomic mass is 127. The van der Waals surface area contributed by atoms with E-state index in [-0.39, 0.29) is 24.0 Å². The number of rotatable bonds is 8. The van der Waals surface area contributed by atoms with Gasteiger partial charge in [-0.05, 0) is 53.6 Å². The second-order valence-electron chi connectivity index (χ2n) is 5.88. The number of nitrogens with one attached hydrogen (secondary N) is 2. The Kier molecular flexibility index (Phi) is 10.0. The average molecular weight is 516 g/mol. The van der Waals surface area contributed by atoms with Crippen molar-refractivity contribution in [2.45, 2.75) is 39.2 Å². The van der Waals surface area contributed by atoms with Crippen LogP contribution in [-0.4, -0.2) is 32.8 Å². The molecule has 2 N–H and O–H groups in total. The van der Waals surface area contributed by atoms with Gasteiger partial charge in [0.15, 0.2) is 5.96 Å². The Hall–Kier alpha value is 0.140. The van der Waals surface area contributed by atoms with Gasteiger partial charge in [0, 0.05) is 41.5 Å². The summed E-state index contributed by atoms with van der Waals surface area (Å²) in [6, 6.07) is 2.13. The molecular weight excluding hydrogens is 489 g/mol. The van der Waals surface area contributed by atoms with Crippen LogP contribution in [0.2, 0.25) is 0 Å². The minimum atomic E-state index is 0. The van der Waals surface area contributed by atoms with Crippen LogP contribution in [0.5, 0.6) is 0 Å². The zero-order valence-corrected chi connectivity index (χ0v) is 18.6. The van der Waals surface area contributed by atoms with Crippen molar-refractivity contribution in [2.24, 2.45) is 10.4 Å². The van der Waals surface area contributed by atoms with Gasteiger partial charge in [-0.25, -0.2) is 4.99 Å². The molecule has 1 heterocycles. The highest BCUT2D eigenvalue weighted by Gasteiger charge is 2.36. The molecule has 0 saturated heterocycles. The second-order valence-corrected chi connectivity index (χ2v) is 7.79. The van der Waals surface area contributed by atoms with E-state index < -0.39 is 0 Å². The van der Waals surface area contributed by atoms with E-state index in [1.807, 2.05) is 0 Å². The third kappa shape index (κ3) is 6.88. The van der Waals surface area contributed by atoms with Crippen molar-refractivity contribution >= 4 is 57.2 Å². The number of hydrogen-bond acceptors (Lipinski definition) is 3. The standard InChI is InChI=1S/C16H26BrN3OS.HI/c1-3-18-15(19-10-14-9-13(17)11-22-14)20-12-16(5-4-6-16)7-8-21-2;/h9,11H,3-8,10,12H2,1-2H3,(H2,18,19,20);1H. The number of ether oxygens (including phenoxy) is 1. The SMILES string of the molecule is CCNC(=NCc1cc(Br)cs1)NCC1(CCOC)CCC1.I. The first-order valence-corrected chi connectivity index (χ1v) is 9.59. The van der Waals surface area contributed by atoms with Gasteiger partial charge < -0.3 is 15.4 Å². The van der Waals surface area contributed by atoms with Crippen molar-refractivity contribution in [3.8, 4) is 0 Å². The molecule has 0 unspecified atom stereocenters. The molecule has 0 atom stereocenters. The van der Waals surface area contributed by atoms with E-state index in [0.29, 0.717) is 5.41 Å². The molecule has 0 aromatic carbocycles. The molecule has 0 aliphatic heterocycles. The highest BCUT2D eigenvalue weighted by Crippen LogP contribution is 2.43. The van der Waals surface area contributed by atoms with Gasteiger partial charge in [-0.1, -0.05) is 6.42 Å². The maximum absolute atomic E-state index is 5.26. The van der Waals surface area contributed by atoms with Crippen LogP contribution in [0.25, 0.3) is 0 Å². The summed E-state index contributed by atoms with van der Waals surface area (Å²) in [7, 11) is 1.78. The predicted octanol–water partition coefficient (Wildman–Crippen LogP) is 4.39. The van der Waals surface area contributed by atoms with E-state index in [0.717, 1.165) is 43.1 Å². The molecule has 2 rings (SSSR count). The maximum atomic E-state index is 5.26. The number of halogens is 2. The molecule has 0 bridgehead atoms. The maximum Gasteiger partial charge on any atom is 0.191 e. The van der Waals surface area contributed by atoms with Gasteiger partial charge >= 0.3 is 0 Å². The van der Waals surface area contributed by atoms with Gasteiger partial charge in [0.2, 0.25) is 0 Å². The van der Waals surface area contributed by atoms with Crippen molar-refractivity contribution in [3.63, 3.8) is 0 Å². The Labute approximate surface area is 169 Å². The van der Waals surface area contributed by atoms with Gasteiger partial charge in [0.1, 0.15) is 0 Å². The smallest absolute Gasteiger partial charge is 0.191 e. The van der Waals surface area contributed by atoms with Gasteiger partial charge in [-0.2, -0.15) is 0 Å². The van der Waals surface area contributed by atoms with E-state index in [4.69, 9.17) is 9.73 Å². The minimum Gasteiger partial charge on any atom is -0.385 e. The molecule has 23 heavy (non-hydrogen) atoms. The van der Waals surface area contributed by atoms with Crippen molar-refractivity contribution in [1.29, 1.82) is 0 Å². The molecule has 0 amide bonds. The summed E-state index contributed by atoms with van der Waals surface area (Å²) in [5, 5.41) is 8.96. The summed E-state index contributed by atoms with van der Waals surface area (Å²) >= 11 is 5.22. The van der Waals surface area contributed by atoms with Crippen molar-refractivity contribution in [1.82, 2.24) is 10.6 Å². The fraction of sp³-hybridized carbons (Fsp3) is 0.688. The lowest BCUT2D eigenvalue weighted by Crippen LogP contribution is -2.46. The van der Waals surface area contributed by atoms with E-state index in [2.05, 4.69) is 44.9 Å². The number of hydrogen-bond donors (Lipinski definition) is 2. The summed E-state index contributed by atoms with van der Waals surface area (Å²) in [5.74, 6) is 0.913. The fourth-order valence-electron chi connectivity index (χ4n) is 2.72. The lowest BCUT2D eigenvalue weighted by molar-refractivity contribution is 0.0732. The van der Waals surface area contributed by atoms with Gasteiger partial charge in [0.25, 0.3) is 0 Å². The molecule has 0 radical (unpaired) electrons. The van der Waals surface area contributed by atoms with E-state index in [1.54, 1.807) is 18.4 Å². The molecule has 4 nitrogen and oxygen atoms in total. The Morgan fingerprint density at radius 2 is 2.22 bits per heavy atom. The van der Waals surface area contributed by atoms with Crippen molar-refractivity contribution < 1.29 is 4.74 Å². The van der Waals surface area contributed by atoms with Crippen LogP contribution in [0.15, 0.2) is 20.9 Å². The van der Waals surface area contributed by atoms with Crippen LogP contribution >= 0.6 is 51.2 Å². The third-order valence-corrected chi connectivity index (χ3v) is 5.92. The molecule has 0 spiro atoms. The topological polar surface area (TPSA) is 45.7 Å². The molecule has 1 aliphatic carbocycles. The number of nitrogens with zero attached hydrogens (tertiary/aromatic N) is 1. The zero-order valence-electron chi connectivity index (χ0n) is 13.9. The minimum absolute atomic E-state index is 0. The first-order chi connectivity index (χ1) is 10.7. The Morgan fingerprint density at radius 3 is 2.74 bits per heavy atom. The quantitative estimate of drug-likeness (QED) is 0.306. The Bertz CT molecular complexity index is 491. The van der Waals surface area contributed by atoms with Crippen LogP contribution < -0.4 is 10.6 Å². The summed E-state index contributed by atoms with van der Waals surface area (Å²) in [5.41, 5.74) is 0.401. The summed E-state index contributed by atoms with van der Waals surface area (Å²) < 4.78 is 6.39. The first-order valence-electron chi connectivity index (χ1n) is 7.91. The van der Waals surface area contributed by atoms with Crippen LogP contribution in [0.1, 0.15) is 37.5 Å². The van der Waals surface area contributed by atoms with E-state index >= 15 is 0 Å². The van der Waals surface area contributed by atoms with Gasteiger partial charge in [-0.3, -0.25) is 0 Å². The first kappa shape index (κ1) is 21.2. The molecule has 1 aromatic rings. The summed E-state index contributed by atoms with van der Waals surface area (Å²) in [6.45, 7) is 5.53. The molecule has 1 aromatic heterocycles. The molecule has 132 valence electrons. The lowest BCUT2D eigenvalue weighted by atomic mass is 9.67. The monoisotopic (exact) mass is 515 g/mol. The van der Waals surface area contributed by atoms with Crippen LogP contribution in [-0.2, 0) is 11.3 Å². The molecule has 1 fully saturated rings. The predicted molar refractivity (Wildman–Crippen MR) is 113 cm³/mol. The lowest BCUT2D eigenvalue weighted by Gasteiger charge is -2.42. The van der Waals surface area contributed by atoms with Gasteiger partial charge in [-0.15, -0.1) is 35.3 Å². The highest BCUT2D eigenvalue weighted by molar-refractivity contribution is 14.0. The largest absolute Gasteiger partial charge is 0.385 e. The van der Waals surface area contributed by atoms with Crippen LogP contribution in [0.4, 0.5) is 0 Å². The molecule has 7 heteroatoms. The van der Waals surface area contributed by atoms with E-state index in [1.165, 1.54) is 24.1 Å². The number of aliphatic imine (C=N–C) groups is 1. The third-order valence-electron chi connectivity index (χ3n) is 4.24. The Balaban J connectivity index is 0.00000264. The fourth-order valence-corrected chi connectivity index (χ4v) is 4.09. The van der Waals surface area contributed by atoms with Gasteiger partial charge in [0.05, 0.1) is 6.54 Å². The van der Waals surface area contributed by atoms with E-state index in [9.17, 15) is 0 Å². The normalized spacial score (nSPS) is 16.4. The van der Waals surface area contributed by atoms with Crippen molar-refractivity contribution in [2.75, 3.05) is 26.8 Å². The Morgan fingerprint density at radius 1 is 1.43 bits per heavy atom. The molecule has 1 saturated carbocycles.